The van der Waals surface area contributed by atoms with Crippen molar-refractivity contribution in [2.24, 2.45) is 0 Å². The summed E-state index contributed by atoms with van der Waals surface area (Å²) in [5.41, 5.74) is 0. The van der Waals surface area contributed by atoms with E-state index in [1.54, 1.807) is 0 Å². The Hall–Kier alpha value is -0.640. The van der Waals surface area contributed by atoms with Gasteiger partial charge in [0, 0.05) is 13.0 Å². The fourth-order valence-corrected chi connectivity index (χ4v) is 2.12. The number of aryl methyl sites for hydroxylation is 1. The summed E-state index contributed by atoms with van der Waals surface area (Å²) in [4.78, 5) is 0. The standard InChI is InChI=1S/C12H23N3S/c1-3-5-6-7-8-9-11-13-14-12(16)15(11)10-4-2/h3-10H2,1-2H3,(H,14,16). The topological polar surface area (TPSA) is 33.6 Å². The van der Waals surface area contributed by atoms with Gasteiger partial charge in [0.05, 0.1) is 0 Å². The Bertz CT molecular complexity index is 340. The number of H-pyrrole nitrogens is 1. The molecule has 0 unspecified atom stereocenters. The smallest absolute Gasteiger partial charge is 0.195 e. The number of rotatable bonds is 8. The van der Waals surface area contributed by atoms with Gasteiger partial charge in [-0.2, -0.15) is 5.10 Å². The second kappa shape index (κ2) is 7.60. The molecule has 0 atom stereocenters. The quantitative estimate of drug-likeness (QED) is 0.554. The summed E-state index contributed by atoms with van der Waals surface area (Å²) in [6, 6.07) is 0. The Morgan fingerprint density at radius 1 is 1.12 bits per heavy atom. The van der Waals surface area contributed by atoms with Gasteiger partial charge < -0.3 is 4.57 Å². The average Bonchev–Trinajstić information content (AvgIpc) is 2.62. The van der Waals surface area contributed by atoms with Crippen LogP contribution in [0.1, 0.15) is 58.2 Å². The third-order valence-electron chi connectivity index (χ3n) is 2.79. The summed E-state index contributed by atoms with van der Waals surface area (Å²) < 4.78 is 2.90. The lowest BCUT2D eigenvalue weighted by atomic mass is 10.1. The van der Waals surface area contributed by atoms with Gasteiger partial charge in [0.2, 0.25) is 0 Å². The monoisotopic (exact) mass is 241 g/mol. The largest absolute Gasteiger partial charge is 0.304 e. The van der Waals surface area contributed by atoms with Gasteiger partial charge in [-0.15, -0.1) is 0 Å². The lowest BCUT2D eigenvalue weighted by Crippen LogP contribution is -2.03. The first kappa shape index (κ1) is 13.4. The predicted octanol–water partition coefficient (Wildman–Crippen LogP) is 3.86. The van der Waals surface area contributed by atoms with Gasteiger partial charge >= 0.3 is 0 Å². The molecule has 1 N–H and O–H groups in total. The number of aromatic nitrogens is 3. The van der Waals surface area contributed by atoms with Crippen molar-refractivity contribution >= 4 is 12.2 Å². The number of nitrogens with zero attached hydrogens (tertiary/aromatic N) is 2. The van der Waals surface area contributed by atoms with E-state index in [4.69, 9.17) is 12.2 Å². The Kier molecular flexibility index (Phi) is 6.38. The van der Waals surface area contributed by atoms with Gasteiger partial charge in [-0.1, -0.05) is 39.5 Å². The van der Waals surface area contributed by atoms with Crippen LogP contribution >= 0.6 is 12.2 Å². The van der Waals surface area contributed by atoms with E-state index in [9.17, 15) is 0 Å². The number of nitrogens with one attached hydrogen (secondary N) is 1. The molecule has 0 fully saturated rings. The van der Waals surface area contributed by atoms with Crippen LogP contribution in [0, 0.1) is 4.77 Å². The zero-order valence-corrected chi connectivity index (χ0v) is 11.3. The average molecular weight is 241 g/mol. The lowest BCUT2D eigenvalue weighted by Gasteiger charge is -2.04. The molecule has 1 heterocycles. The highest BCUT2D eigenvalue weighted by molar-refractivity contribution is 7.71. The zero-order chi connectivity index (χ0) is 11.8. The Morgan fingerprint density at radius 3 is 2.56 bits per heavy atom. The summed E-state index contributed by atoms with van der Waals surface area (Å²) in [5, 5.41) is 7.19. The van der Waals surface area contributed by atoms with Gasteiger partial charge in [-0.25, -0.2) is 0 Å². The number of hydrogen-bond acceptors (Lipinski definition) is 2. The van der Waals surface area contributed by atoms with E-state index in [1.165, 1.54) is 32.1 Å². The zero-order valence-electron chi connectivity index (χ0n) is 10.5. The fraction of sp³-hybridized carbons (Fsp3) is 0.833. The summed E-state index contributed by atoms with van der Waals surface area (Å²) >= 11 is 5.20. The molecule has 1 aromatic rings. The molecule has 4 heteroatoms. The normalized spacial score (nSPS) is 10.9. The van der Waals surface area contributed by atoms with E-state index in [0.717, 1.165) is 30.0 Å². The number of hydrogen-bond donors (Lipinski definition) is 1. The molecule has 0 aliphatic carbocycles. The van der Waals surface area contributed by atoms with E-state index in [1.807, 2.05) is 0 Å². The molecular weight excluding hydrogens is 218 g/mol. The highest BCUT2D eigenvalue weighted by atomic mass is 32.1. The van der Waals surface area contributed by atoms with E-state index in [0.29, 0.717) is 0 Å². The van der Waals surface area contributed by atoms with Crippen LogP contribution in [-0.4, -0.2) is 14.8 Å². The highest BCUT2D eigenvalue weighted by Gasteiger charge is 2.04. The molecule has 0 aliphatic rings. The first-order chi connectivity index (χ1) is 7.79. The minimum Gasteiger partial charge on any atom is -0.304 e. The van der Waals surface area contributed by atoms with E-state index in [2.05, 4.69) is 28.6 Å². The first-order valence-electron chi connectivity index (χ1n) is 6.43. The highest BCUT2D eigenvalue weighted by Crippen LogP contribution is 2.08. The molecule has 1 rings (SSSR count). The van der Waals surface area contributed by atoms with Crippen molar-refractivity contribution in [2.75, 3.05) is 0 Å². The number of unbranched alkanes of at least 4 members (excludes halogenated alkanes) is 4. The van der Waals surface area contributed by atoms with Crippen molar-refractivity contribution in [1.82, 2.24) is 14.8 Å². The van der Waals surface area contributed by atoms with Gasteiger partial charge in [0.1, 0.15) is 5.82 Å². The van der Waals surface area contributed by atoms with Gasteiger partial charge in [-0.05, 0) is 25.1 Å². The molecule has 0 radical (unpaired) electrons. The molecule has 0 saturated carbocycles. The second-order valence-electron chi connectivity index (χ2n) is 4.26. The van der Waals surface area contributed by atoms with Crippen LogP contribution in [-0.2, 0) is 13.0 Å². The molecule has 16 heavy (non-hydrogen) atoms. The van der Waals surface area contributed by atoms with Crippen LogP contribution in [0.3, 0.4) is 0 Å². The molecule has 92 valence electrons. The van der Waals surface area contributed by atoms with Crippen molar-refractivity contribution in [2.45, 2.75) is 65.3 Å². The van der Waals surface area contributed by atoms with Crippen molar-refractivity contribution in [3.05, 3.63) is 10.6 Å². The minimum absolute atomic E-state index is 0.769. The van der Waals surface area contributed by atoms with Crippen LogP contribution in [0.5, 0.6) is 0 Å². The first-order valence-corrected chi connectivity index (χ1v) is 6.84. The summed E-state index contributed by atoms with van der Waals surface area (Å²) in [6.07, 6.45) is 8.68. The molecule has 0 bridgehead atoms. The minimum atomic E-state index is 0.769. The third-order valence-corrected chi connectivity index (χ3v) is 3.10. The van der Waals surface area contributed by atoms with Gasteiger partial charge in [0.15, 0.2) is 4.77 Å². The second-order valence-corrected chi connectivity index (χ2v) is 4.65. The van der Waals surface area contributed by atoms with Crippen molar-refractivity contribution in [1.29, 1.82) is 0 Å². The number of aromatic amines is 1. The van der Waals surface area contributed by atoms with E-state index >= 15 is 0 Å². The Balaban J connectivity index is 2.38. The molecule has 0 amide bonds. The molecule has 0 aromatic carbocycles. The van der Waals surface area contributed by atoms with Crippen molar-refractivity contribution < 1.29 is 0 Å². The van der Waals surface area contributed by atoms with Crippen LogP contribution in [0.25, 0.3) is 0 Å². The van der Waals surface area contributed by atoms with Crippen LogP contribution in [0.15, 0.2) is 0 Å². The maximum absolute atomic E-state index is 5.20. The Labute approximate surface area is 103 Å². The maximum Gasteiger partial charge on any atom is 0.195 e. The molecule has 0 saturated heterocycles. The SMILES string of the molecule is CCCCCCCc1n[nH]c(=S)n1CCC. The maximum atomic E-state index is 5.20. The molecular formula is C12H23N3S. The predicted molar refractivity (Wildman–Crippen MR) is 70.2 cm³/mol. The molecule has 1 aromatic heterocycles. The van der Waals surface area contributed by atoms with E-state index < -0.39 is 0 Å². The van der Waals surface area contributed by atoms with Crippen molar-refractivity contribution in [3.63, 3.8) is 0 Å². The summed E-state index contributed by atoms with van der Waals surface area (Å²) in [7, 11) is 0. The molecule has 0 spiro atoms. The summed E-state index contributed by atoms with van der Waals surface area (Å²) in [6.45, 7) is 5.39. The third kappa shape index (κ3) is 4.08. The van der Waals surface area contributed by atoms with Crippen LogP contribution in [0.4, 0.5) is 0 Å². The summed E-state index contributed by atoms with van der Waals surface area (Å²) in [5.74, 6) is 1.13. The molecule has 3 nitrogen and oxygen atoms in total. The van der Waals surface area contributed by atoms with E-state index in [-0.39, 0.29) is 0 Å². The lowest BCUT2D eigenvalue weighted by molar-refractivity contribution is 0.585. The van der Waals surface area contributed by atoms with Crippen LogP contribution in [0.2, 0.25) is 0 Å². The van der Waals surface area contributed by atoms with Crippen LogP contribution < -0.4 is 0 Å². The van der Waals surface area contributed by atoms with Crippen molar-refractivity contribution in [3.8, 4) is 0 Å². The fourth-order valence-electron chi connectivity index (χ4n) is 1.88. The van der Waals surface area contributed by atoms with Gasteiger partial charge in [0.25, 0.3) is 0 Å². The Morgan fingerprint density at radius 2 is 1.88 bits per heavy atom. The van der Waals surface area contributed by atoms with Gasteiger partial charge in [-0.3, -0.25) is 5.10 Å². The molecule has 0 aliphatic heterocycles.